The molecule has 0 aliphatic rings. The standard InChI is InChI=1S/C11H9N3S/c12-11-13-5-9(14-11)8-6-15-10-4-2-1-3-7(8)10/h1-6H,(H3,12,13,14). The molecule has 3 rings (SSSR count). The number of benzene rings is 1. The zero-order valence-corrected chi connectivity index (χ0v) is 8.71. The fraction of sp³-hybridized carbons (Fsp3) is 0. The van der Waals surface area contributed by atoms with Crippen molar-refractivity contribution in [2.24, 2.45) is 0 Å². The zero-order chi connectivity index (χ0) is 10.3. The van der Waals surface area contributed by atoms with Crippen LogP contribution in [0, 0.1) is 0 Å². The van der Waals surface area contributed by atoms with Crippen LogP contribution in [-0.4, -0.2) is 9.97 Å². The number of hydrogen-bond donors (Lipinski definition) is 2. The number of hydrogen-bond acceptors (Lipinski definition) is 3. The van der Waals surface area contributed by atoms with E-state index >= 15 is 0 Å². The first kappa shape index (κ1) is 8.49. The average molecular weight is 215 g/mol. The van der Waals surface area contributed by atoms with E-state index in [4.69, 9.17) is 5.73 Å². The zero-order valence-electron chi connectivity index (χ0n) is 7.90. The lowest BCUT2D eigenvalue weighted by Gasteiger charge is -1.94. The van der Waals surface area contributed by atoms with Gasteiger partial charge in [0, 0.05) is 21.0 Å². The number of fused-ring (bicyclic) bond motifs is 1. The van der Waals surface area contributed by atoms with Crippen molar-refractivity contribution in [3.63, 3.8) is 0 Å². The van der Waals surface area contributed by atoms with Crippen LogP contribution >= 0.6 is 11.3 Å². The summed E-state index contributed by atoms with van der Waals surface area (Å²) in [6, 6.07) is 8.31. The van der Waals surface area contributed by atoms with E-state index in [1.165, 1.54) is 15.6 Å². The fourth-order valence-electron chi connectivity index (χ4n) is 1.66. The van der Waals surface area contributed by atoms with Gasteiger partial charge in [0.1, 0.15) is 0 Å². The van der Waals surface area contributed by atoms with E-state index in [1.54, 1.807) is 17.5 Å². The van der Waals surface area contributed by atoms with Crippen molar-refractivity contribution in [3.8, 4) is 11.3 Å². The molecule has 0 aliphatic heterocycles. The highest BCUT2D eigenvalue weighted by molar-refractivity contribution is 7.17. The third kappa shape index (κ3) is 1.30. The molecule has 74 valence electrons. The van der Waals surface area contributed by atoms with E-state index in [-0.39, 0.29) is 0 Å². The number of nitrogen functional groups attached to an aromatic ring is 1. The highest BCUT2D eigenvalue weighted by atomic mass is 32.1. The fourth-order valence-corrected chi connectivity index (χ4v) is 2.62. The van der Waals surface area contributed by atoms with Crippen LogP contribution in [0.5, 0.6) is 0 Å². The lowest BCUT2D eigenvalue weighted by atomic mass is 10.1. The molecule has 0 saturated carbocycles. The van der Waals surface area contributed by atoms with E-state index < -0.39 is 0 Å². The van der Waals surface area contributed by atoms with Gasteiger partial charge in [0.05, 0.1) is 11.9 Å². The quantitative estimate of drug-likeness (QED) is 0.655. The Balaban J connectivity index is 2.27. The molecule has 0 bridgehead atoms. The van der Waals surface area contributed by atoms with Crippen molar-refractivity contribution in [2.45, 2.75) is 0 Å². The Morgan fingerprint density at radius 3 is 2.93 bits per heavy atom. The number of nitrogens with one attached hydrogen (secondary N) is 1. The maximum absolute atomic E-state index is 5.57. The minimum Gasteiger partial charge on any atom is -0.369 e. The van der Waals surface area contributed by atoms with Gasteiger partial charge in [0.25, 0.3) is 0 Å². The van der Waals surface area contributed by atoms with Crippen molar-refractivity contribution >= 4 is 27.4 Å². The molecule has 15 heavy (non-hydrogen) atoms. The number of H-pyrrole nitrogens is 1. The van der Waals surface area contributed by atoms with Crippen LogP contribution in [-0.2, 0) is 0 Å². The topological polar surface area (TPSA) is 54.7 Å². The van der Waals surface area contributed by atoms with Crippen molar-refractivity contribution in [1.82, 2.24) is 9.97 Å². The summed E-state index contributed by atoms with van der Waals surface area (Å²) in [5.41, 5.74) is 7.71. The van der Waals surface area contributed by atoms with Crippen LogP contribution < -0.4 is 5.73 Å². The molecule has 0 aliphatic carbocycles. The molecule has 2 aromatic heterocycles. The normalized spacial score (nSPS) is 10.9. The molecule has 0 fully saturated rings. The van der Waals surface area contributed by atoms with Gasteiger partial charge in [-0.3, -0.25) is 0 Å². The van der Waals surface area contributed by atoms with Gasteiger partial charge in [-0.2, -0.15) is 0 Å². The number of aromatic amines is 1. The molecule has 0 radical (unpaired) electrons. The summed E-state index contributed by atoms with van der Waals surface area (Å²) in [6.07, 6.45) is 1.77. The number of aromatic nitrogens is 2. The van der Waals surface area contributed by atoms with Crippen molar-refractivity contribution < 1.29 is 0 Å². The van der Waals surface area contributed by atoms with Crippen LogP contribution in [0.3, 0.4) is 0 Å². The van der Waals surface area contributed by atoms with E-state index in [2.05, 4.69) is 27.5 Å². The first-order valence-electron chi connectivity index (χ1n) is 4.62. The average Bonchev–Trinajstić information content (AvgIpc) is 2.83. The lowest BCUT2D eigenvalue weighted by molar-refractivity contribution is 1.33. The summed E-state index contributed by atoms with van der Waals surface area (Å²) in [7, 11) is 0. The molecule has 0 amide bonds. The number of rotatable bonds is 1. The third-order valence-corrected chi connectivity index (χ3v) is 3.33. The molecule has 0 spiro atoms. The third-order valence-electron chi connectivity index (χ3n) is 2.37. The summed E-state index contributed by atoms with van der Waals surface area (Å²) in [5, 5.41) is 3.36. The smallest absolute Gasteiger partial charge is 0.197 e. The molecule has 3 N–H and O–H groups in total. The number of anilines is 1. The van der Waals surface area contributed by atoms with Crippen LogP contribution in [0.4, 0.5) is 5.95 Å². The van der Waals surface area contributed by atoms with Crippen LogP contribution in [0.25, 0.3) is 21.3 Å². The van der Waals surface area contributed by atoms with E-state index in [0.29, 0.717) is 5.95 Å². The molecular formula is C11H9N3S. The summed E-state index contributed by atoms with van der Waals surface area (Å²) >= 11 is 1.73. The van der Waals surface area contributed by atoms with Gasteiger partial charge < -0.3 is 10.7 Å². The Bertz CT molecular complexity index is 609. The second kappa shape index (κ2) is 3.10. The summed E-state index contributed by atoms with van der Waals surface area (Å²) < 4.78 is 1.28. The van der Waals surface area contributed by atoms with Gasteiger partial charge in [0.15, 0.2) is 5.95 Å². The van der Waals surface area contributed by atoms with Crippen LogP contribution in [0.1, 0.15) is 0 Å². The molecular weight excluding hydrogens is 206 g/mol. The SMILES string of the molecule is Nc1ncc(-c2csc3ccccc23)[nH]1. The molecule has 3 aromatic rings. The monoisotopic (exact) mass is 215 g/mol. The molecule has 1 aromatic carbocycles. The minimum atomic E-state index is 0.459. The Kier molecular flexibility index (Phi) is 1.76. The van der Waals surface area contributed by atoms with E-state index in [1.807, 2.05) is 12.1 Å². The van der Waals surface area contributed by atoms with Gasteiger partial charge >= 0.3 is 0 Å². The first-order chi connectivity index (χ1) is 7.34. The Morgan fingerprint density at radius 2 is 2.13 bits per heavy atom. The number of thiophene rings is 1. The molecule has 2 heterocycles. The number of imidazole rings is 1. The summed E-state index contributed by atoms with van der Waals surface area (Å²) in [5.74, 6) is 0.459. The van der Waals surface area contributed by atoms with Gasteiger partial charge in [-0.25, -0.2) is 4.98 Å². The molecule has 0 unspecified atom stereocenters. The number of nitrogens with zero attached hydrogens (tertiary/aromatic N) is 1. The largest absolute Gasteiger partial charge is 0.369 e. The summed E-state index contributed by atoms with van der Waals surface area (Å²) in [4.78, 5) is 7.05. The number of nitrogens with two attached hydrogens (primary N) is 1. The lowest BCUT2D eigenvalue weighted by Crippen LogP contribution is -1.85. The second-order valence-electron chi connectivity index (χ2n) is 3.33. The highest BCUT2D eigenvalue weighted by Crippen LogP contribution is 2.32. The Labute approximate surface area is 90.6 Å². The minimum absolute atomic E-state index is 0.459. The van der Waals surface area contributed by atoms with Gasteiger partial charge in [-0.05, 0) is 6.07 Å². The van der Waals surface area contributed by atoms with Crippen molar-refractivity contribution in [3.05, 3.63) is 35.8 Å². The van der Waals surface area contributed by atoms with Crippen LogP contribution in [0.2, 0.25) is 0 Å². The van der Waals surface area contributed by atoms with Crippen molar-refractivity contribution in [1.29, 1.82) is 0 Å². The molecule has 3 nitrogen and oxygen atoms in total. The van der Waals surface area contributed by atoms with Crippen molar-refractivity contribution in [2.75, 3.05) is 5.73 Å². The van der Waals surface area contributed by atoms with E-state index in [9.17, 15) is 0 Å². The predicted octanol–water partition coefficient (Wildman–Crippen LogP) is 2.87. The van der Waals surface area contributed by atoms with Gasteiger partial charge in [-0.15, -0.1) is 11.3 Å². The Morgan fingerprint density at radius 1 is 1.27 bits per heavy atom. The van der Waals surface area contributed by atoms with Gasteiger partial charge in [-0.1, -0.05) is 18.2 Å². The molecule has 0 atom stereocenters. The Hall–Kier alpha value is -1.81. The van der Waals surface area contributed by atoms with Crippen LogP contribution in [0.15, 0.2) is 35.8 Å². The maximum Gasteiger partial charge on any atom is 0.197 e. The predicted molar refractivity (Wildman–Crippen MR) is 63.8 cm³/mol. The molecule has 0 saturated heterocycles. The first-order valence-corrected chi connectivity index (χ1v) is 5.49. The van der Waals surface area contributed by atoms with Gasteiger partial charge in [0.2, 0.25) is 0 Å². The maximum atomic E-state index is 5.57. The molecule has 4 heteroatoms. The van der Waals surface area contributed by atoms with E-state index in [0.717, 1.165) is 5.69 Å². The second-order valence-corrected chi connectivity index (χ2v) is 4.24. The highest BCUT2D eigenvalue weighted by Gasteiger charge is 2.07. The summed E-state index contributed by atoms with van der Waals surface area (Å²) in [6.45, 7) is 0.